The zero-order valence-corrected chi connectivity index (χ0v) is 12.7. The second kappa shape index (κ2) is 6.28. The van der Waals surface area contributed by atoms with Crippen molar-refractivity contribution in [3.05, 3.63) is 23.3 Å². The number of amides is 1. The van der Waals surface area contributed by atoms with E-state index in [0.717, 1.165) is 31.8 Å². The molecule has 1 aromatic rings. The highest BCUT2D eigenvalue weighted by Gasteiger charge is 2.34. The van der Waals surface area contributed by atoms with E-state index in [1.807, 2.05) is 0 Å². The molecule has 0 aliphatic carbocycles. The normalized spacial score (nSPS) is 27.2. The summed E-state index contributed by atoms with van der Waals surface area (Å²) in [5.41, 5.74) is 6.30. The zero-order chi connectivity index (χ0) is 15.7. The van der Waals surface area contributed by atoms with Crippen molar-refractivity contribution in [1.82, 2.24) is 14.9 Å². The van der Waals surface area contributed by atoms with Gasteiger partial charge in [-0.2, -0.15) is 0 Å². The van der Waals surface area contributed by atoms with E-state index in [1.54, 1.807) is 6.92 Å². The molecule has 2 fully saturated rings. The van der Waals surface area contributed by atoms with Crippen molar-refractivity contribution in [2.75, 3.05) is 26.3 Å². The van der Waals surface area contributed by atoms with Crippen molar-refractivity contribution < 1.29 is 14.6 Å². The number of rotatable bonds is 3. The number of nitrogens with zero attached hydrogens (tertiary/aromatic N) is 3. The van der Waals surface area contributed by atoms with Crippen molar-refractivity contribution in [2.24, 2.45) is 5.73 Å². The average molecular weight is 306 g/mol. The lowest BCUT2D eigenvalue weighted by Gasteiger charge is -2.36. The van der Waals surface area contributed by atoms with Crippen molar-refractivity contribution in [1.29, 1.82) is 0 Å². The Morgan fingerprint density at radius 1 is 1.41 bits per heavy atom. The SMILES string of the molecule is Cc1nc(C2CCN([C@@H]3COC[C@@H]3O)CC2)ncc1C(N)=O. The van der Waals surface area contributed by atoms with E-state index >= 15 is 0 Å². The highest BCUT2D eigenvalue weighted by atomic mass is 16.5. The van der Waals surface area contributed by atoms with E-state index in [2.05, 4.69) is 14.9 Å². The Kier molecular flexibility index (Phi) is 4.37. The lowest BCUT2D eigenvalue weighted by atomic mass is 9.94. The average Bonchev–Trinajstić information content (AvgIpc) is 2.93. The largest absolute Gasteiger partial charge is 0.389 e. The van der Waals surface area contributed by atoms with Gasteiger partial charge < -0.3 is 15.6 Å². The summed E-state index contributed by atoms with van der Waals surface area (Å²) in [5, 5.41) is 9.91. The first kappa shape index (κ1) is 15.3. The van der Waals surface area contributed by atoms with Gasteiger partial charge in [-0.1, -0.05) is 0 Å². The summed E-state index contributed by atoms with van der Waals surface area (Å²) in [4.78, 5) is 22.3. The molecule has 0 bridgehead atoms. The molecular formula is C15H22N4O3. The van der Waals surface area contributed by atoms with Gasteiger partial charge >= 0.3 is 0 Å². The van der Waals surface area contributed by atoms with Gasteiger partial charge in [-0.3, -0.25) is 9.69 Å². The molecule has 7 nitrogen and oxygen atoms in total. The zero-order valence-electron chi connectivity index (χ0n) is 12.7. The number of aliphatic hydroxyl groups excluding tert-OH is 1. The summed E-state index contributed by atoms with van der Waals surface area (Å²) < 4.78 is 5.33. The second-order valence-electron chi connectivity index (χ2n) is 6.07. The van der Waals surface area contributed by atoms with E-state index in [-0.39, 0.29) is 18.1 Å². The summed E-state index contributed by atoms with van der Waals surface area (Å²) in [6.07, 6.45) is 3.03. The van der Waals surface area contributed by atoms with Crippen LogP contribution in [-0.2, 0) is 4.74 Å². The third kappa shape index (κ3) is 2.97. The number of aryl methyl sites for hydroxylation is 1. The summed E-state index contributed by atoms with van der Waals surface area (Å²) in [7, 11) is 0. The minimum Gasteiger partial charge on any atom is -0.389 e. The van der Waals surface area contributed by atoms with Crippen LogP contribution in [0.4, 0.5) is 0 Å². The molecule has 7 heteroatoms. The van der Waals surface area contributed by atoms with Crippen LogP contribution in [-0.4, -0.2) is 64.3 Å². The minimum absolute atomic E-state index is 0.112. The monoisotopic (exact) mass is 306 g/mol. The van der Waals surface area contributed by atoms with Gasteiger partial charge in [0.15, 0.2) is 0 Å². The van der Waals surface area contributed by atoms with E-state index < -0.39 is 5.91 Å². The maximum atomic E-state index is 11.2. The van der Waals surface area contributed by atoms with Gasteiger partial charge in [0.25, 0.3) is 5.91 Å². The molecule has 0 unspecified atom stereocenters. The lowest BCUT2D eigenvalue weighted by molar-refractivity contribution is 0.0657. The van der Waals surface area contributed by atoms with E-state index in [9.17, 15) is 9.90 Å². The molecule has 2 aliphatic rings. The Morgan fingerprint density at radius 2 is 2.14 bits per heavy atom. The van der Waals surface area contributed by atoms with Gasteiger partial charge in [0.1, 0.15) is 5.82 Å². The number of primary amides is 1. The lowest BCUT2D eigenvalue weighted by Crippen LogP contribution is -2.46. The molecule has 2 atom stereocenters. The molecule has 2 aliphatic heterocycles. The van der Waals surface area contributed by atoms with Crippen molar-refractivity contribution >= 4 is 5.91 Å². The smallest absolute Gasteiger partial charge is 0.252 e. The van der Waals surface area contributed by atoms with E-state index in [4.69, 9.17) is 10.5 Å². The van der Waals surface area contributed by atoms with Gasteiger partial charge in [-0.15, -0.1) is 0 Å². The number of likely N-dealkylation sites (tertiary alicyclic amines) is 1. The molecule has 22 heavy (non-hydrogen) atoms. The Morgan fingerprint density at radius 3 is 2.68 bits per heavy atom. The predicted octanol–water partition coefficient (Wildman–Crippen LogP) is -0.177. The Bertz CT molecular complexity index is 558. The first-order chi connectivity index (χ1) is 10.6. The van der Waals surface area contributed by atoms with Gasteiger partial charge in [-0.05, 0) is 32.9 Å². The first-order valence-electron chi connectivity index (χ1n) is 7.69. The van der Waals surface area contributed by atoms with Crippen LogP contribution in [0.15, 0.2) is 6.20 Å². The molecule has 1 aromatic heterocycles. The number of hydrogen-bond acceptors (Lipinski definition) is 6. The summed E-state index contributed by atoms with van der Waals surface area (Å²) in [6.45, 7) is 4.62. The highest BCUT2D eigenvalue weighted by Crippen LogP contribution is 2.28. The van der Waals surface area contributed by atoms with Gasteiger partial charge in [0, 0.05) is 12.1 Å². The van der Waals surface area contributed by atoms with E-state index in [0.29, 0.717) is 24.5 Å². The summed E-state index contributed by atoms with van der Waals surface area (Å²) >= 11 is 0. The Hall–Kier alpha value is -1.57. The fourth-order valence-electron chi connectivity index (χ4n) is 3.29. The number of carbonyl (C=O) groups excluding carboxylic acids is 1. The van der Waals surface area contributed by atoms with Crippen LogP contribution in [0.1, 0.15) is 40.6 Å². The quantitative estimate of drug-likeness (QED) is 0.803. The summed E-state index contributed by atoms with van der Waals surface area (Å²) in [6, 6.07) is 0.112. The standard InChI is InChI=1S/C15H22N4O3/c1-9-11(14(16)21)6-17-15(18-9)10-2-4-19(5-3-10)12-7-22-8-13(12)20/h6,10,12-13,20H,2-5,7-8H2,1H3,(H2,16,21)/t12-,13+/m1/s1. The molecule has 0 aromatic carbocycles. The maximum Gasteiger partial charge on any atom is 0.252 e. The van der Waals surface area contributed by atoms with Gasteiger partial charge in [-0.25, -0.2) is 9.97 Å². The highest BCUT2D eigenvalue weighted by molar-refractivity contribution is 5.93. The van der Waals surface area contributed by atoms with Gasteiger partial charge in [0.2, 0.25) is 0 Å². The number of piperidine rings is 1. The topological polar surface area (TPSA) is 102 Å². The summed E-state index contributed by atoms with van der Waals surface area (Å²) in [5.74, 6) is 0.579. The van der Waals surface area contributed by atoms with Crippen LogP contribution in [0.2, 0.25) is 0 Å². The third-order valence-electron chi connectivity index (χ3n) is 4.65. The first-order valence-corrected chi connectivity index (χ1v) is 7.69. The fraction of sp³-hybridized carbons (Fsp3) is 0.667. The number of aromatic nitrogens is 2. The number of nitrogens with two attached hydrogens (primary N) is 1. The number of ether oxygens (including phenoxy) is 1. The Balaban J connectivity index is 1.64. The molecular weight excluding hydrogens is 284 g/mol. The van der Waals surface area contributed by atoms with Crippen LogP contribution in [0.5, 0.6) is 0 Å². The van der Waals surface area contributed by atoms with Crippen LogP contribution < -0.4 is 5.73 Å². The van der Waals surface area contributed by atoms with Crippen LogP contribution >= 0.6 is 0 Å². The molecule has 2 saturated heterocycles. The molecule has 0 spiro atoms. The van der Waals surface area contributed by atoms with Crippen molar-refractivity contribution in [3.63, 3.8) is 0 Å². The molecule has 120 valence electrons. The fourth-order valence-corrected chi connectivity index (χ4v) is 3.29. The van der Waals surface area contributed by atoms with E-state index in [1.165, 1.54) is 6.20 Å². The maximum absolute atomic E-state index is 11.2. The van der Waals surface area contributed by atoms with Crippen LogP contribution in [0.3, 0.4) is 0 Å². The van der Waals surface area contributed by atoms with Crippen LogP contribution in [0.25, 0.3) is 0 Å². The van der Waals surface area contributed by atoms with Crippen LogP contribution in [0, 0.1) is 6.92 Å². The number of hydrogen-bond donors (Lipinski definition) is 2. The molecule has 3 rings (SSSR count). The van der Waals surface area contributed by atoms with Crippen molar-refractivity contribution in [2.45, 2.75) is 37.8 Å². The molecule has 3 heterocycles. The molecule has 0 radical (unpaired) electrons. The van der Waals surface area contributed by atoms with Gasteiger partial charge in [0.05, 0.1) is 36.6 Å². The molecule has 0 saturated carbocycles. The minimum atomic E-state index is -0.492. The second-order valence-corrected chi connectivity index (χ2v) is 6.07. The van der Waals surface area contributed by atoms with Crippen molar-refractivity contribution in [3.8, 4) is 0 Å². The number of carbonyl (C=O) groups is 1. The predicted molar refractivity (Wildman–Crippen MR) is 79.4 cm³/mol. The molecule has 1 amide bonds. The Labute approximate surface area is 129 Å². The number of aliphatic hydroxyl groups is 1. The molecule has 3 N–H and O–H groups in total. The third-order valence-corrected chi connectivity index (χ3v) is 4.65.